The van der Waals surface area contributed by atoms with Gasteiger partial charge < -0.3 is 14.4 Å². The number of fused-ring (bicyclic) bond motifs is 1. The van der Waals surface area contributed by atoms with E-state index in [4.69, 9.17) is 4.74 Å². The Hall–Kier alpha value is -4.35. The van der Waals surface area contributed by atoms with Gasteiger partial charge in [0, 0.05) is 24.1 Å². The normalized spacial score (nSPS) is 11.1. The molecule has 0 saturated heterocycles. The number of nitrogens with zero attached hydrogens (tertiary/aromatic N) is 5. The molecule has 1 heterocycles. The van der Waals surface area contributed by atoms with Crippen LogP contribution in [0.3, 0.4) is 0 Å². The molecule has 0 saturated carbocycles. The summed E-state index contributed by atoms with van der Waals surface area (Å²) in [5.41, 5.74) is -1.01. The van der Waals surface area contributed by atoms with E-state index in [0.717, 1.165) is 18.2 Å². The molecule has 30 heavy (non-hydrogen) atoms. The number of nitro benzene ring substituents is 2. The summed E-state index contributed by atoms with van der Waals surface area (Å²) >= 11 is 0. The van der Waals surface area contributed by atoms with E-state index < -0.39 is 27.1 Å². The molecule has 3 aromatic rings. The van der Waals surface area contributed by atoms with Crippen LogP contribution < -0.4 is 4.74 Å². The summed E-state index contributed by atoms with van der Waals surface area (Å²) in [4.78, 5) is 32.7. The fourth-order valence-electron chi connectivity index (χ4n) is 2.93. The zero-order valence-corrected chi connectivity index (χ0v) is 15.8. The molecule has 3 rings (SSSR count). The van der Waals surface area contributed by atoms with Gasteiger partial charge in [0.15, 0.2) is 5.69 Å². The number of amides is 1. The van der Waals surface area contributed by atoms with Gasteiger partial charge >= 0.3 is 0 Å². The van der Waals surface area contributed by atoms with Crippen molar-refractivity contribution < 1.29 is 24.5 Å². The zero-order valence-electron chi connectivity index (χ0n) is 15.8. The van der Waals surface area contributed by atoms with Crippen molar-refractivity contribution in [2.24, 2.45) is 10.2 Å². The summed E-state index contributed by atoms with van der Waals surface area (Å²) in [6.07, 6.45) is 0. The van der Waals surface area contributed by atoms with Crippen LogP contribution in [-0.4, -0.2) is 32.5 Å². The lowest BCUT2D eigenvalue weighted by molar-refractivity contribution is -0.394. The second-order valence-electron chi connectivity index (χ2n) is 6.06. The van der Waals surface area contributed by atoms with Crippen LogP contribution in [0, 0.1) is 20.2 Å². The first kappa shape index (κ1) is 20.4. The number of aryl methyl sites for hydroxylation is 1. The maximum absolute atomic E-state index is 12.4. The summed E-state index contributed by atoms with van der Waals surface area (Å²) in [6.45, 7) is 2.22. The summed E-state index contributed by atoms with van der Waals surface area (Å²) in [6, 6.07) is 7.49. The standard InChI is InChI=1S/C18H15N5O7/c1-3-21-15-5-4-13(30-2)9-14(15)16(18(21)25)19-20-17(24)10-6-11(22(26)27)8-12(7-10)23(28)29/h4-9,25H,3H2,1-2H3. The molecule has 154 valence electrons. The predicted octanol–water partition coefficient (Wildman–Crippen LogP) is 4.12. The van der Waals surface area contributed by atoms with E-state index in [1.807, 2.05) is 0 Å². The Morgan fingerprint density at radius 1 is 1.13 bits per heavy atom. The average molecular weight is 413 g/mol. The monoisotopic (exact) mass is 413 g/mol. The lowest BCUT2D eigenvalue weighted by Gasteiger charge is -2.02. The van der Waals surface area contributed by atoms with E-state index in [9.17, 15) is 30.1 Å². The van der Waals surface area contributed by atoms with E-state index in [0.29, 0.717) is 23.2 Å². The van der Waals surface area contributed by atoms with Crippen molar-refractivity contribution in [3.8, 4) is 11.6 Å². The van der Waals surface area contributed by atoms with Gasteiger partial charge in [-0.3, -0.25) is 25.0 Å². The number of ether oxygens (including phenoxy) is 1. The molecule has 0 fully saturated rings. The first-order chi connectivity index (χ1) is 14.3. The number of carbonyl (C=O) groups is 1. The maximum Gasteiger partial charge on any atom is 0.295 e. The van der Waals surface area contributed by atoms with Crippen molar-refractivity contribution in [1.82, 2.24) is 4.57 Å². The van der Waals surface area contributed by atoms with Gasteiger partial charge in [0.05, 0.1) is 34.1 Å². The molecule has 1 N–H and O–H groups in total. The van der Waals surface area contributed by atoms with Crippen LogP contribution in [0.15, 0.2) is 46.6 Å². The molecule has 1 aromatic heterocycles. The van der Waals surface area contributed by atoms with Gasteiger partial charge in [0.1, 0.15) is 5.75 Å². The third-order valence-electron chi connectivity index (χ3n) is 4.35. The number of hydrogen-bond acceptors (Lipinski definition) is 8. The van der Waals surface area contributed by atoms with Crippen molar-refractivity contribution in [2.45, 2.75) is 13.5 Å². The number of azo groups is 1. The maximum atomic E-state index is 12.4. The van der Waals surface area contributed by atoms with Crippen molar-refractivity contribution in [3.05, 3.63) is 62.2 Å². The summed E-state index contributed by atoms with van der Waals surface area (Å²) in [5.74, 6) is -0.781. The number of non-ortho nitro benzene ring substituents is 2. The van der Waals surface area contributed by atoms with Crippen molar-refractivity contribution >= 4 is 33.9 Å². The molecule has 0 unspecified atom stereocenters. The molecule has 0 aliphatic rings. The van der Waals surface area contributed by atoms with Crippen LogP contribution in [0.4, 0.5) is 17.1 Å². The van der Waals surface area contributed by atoms with Gasteiger partial charge in [-0.05, 0) is 25.1 Å². The molecule has 1 amide bonds. The number of benzene rings is 2. The predicted molar refractivity (Wildman–Crippen MR) is 104 cm³/mol. The minimum absolute atomic E-state index is 0.000898. The smallest absolute Gasteiger partial charge is 0.295 e. The van der Waals surface area contributed by atoms with Gasteiger partial charge in [-0.15, -0.1) is 10.2 Å². The van der Waals surface area contributed by atoms with Crippen LogP contribution in [0.5, 0.6) is 11.6 Å². The first-order valence-electron chi connectivity index (χ1n) is 8.56. The van der Waals surface area contributed by atoms with Crippen molar-refractivity contribution in [3.63, 3.8) is 0 Å². The highest BCUT2D eigenvalue weighted by Gasteiger charge is 2.21. The summed E-state index contributed by atoms with van der Waals surface area (Å²) < 4.78 is 6.72. The van der Waals surface area contributed by atoms with Crippen molar-refractivity contribution in [1.29, 1.82) is 0 Å². The largest absolute Gasteiger partial charge is 0.497 e. The van der Waals surface area contributed by atoms with Gasteiger partial charge in [-0.2, -0.15) is 0 Å². The molecule has 12 nitrogen and oxygen atoms in total. The van der Waals surface area contributed by atoms with E-state index in [1.165, 1.54) is 7.11 Å². The number of aromatic hydroxyl groups is 1. The molecule has 0 bridgehead atoms. The second kappa shape index (κ2) is 7.95. The Kier molecular flexibility index (Phi) is 5.40. The molecule has 0 spiro atoms. The summed E-state index contributed by atoms with van der Waals surface area (Å²) in [5, 5.41) is 40.2. The third-order valence-corrected chi connectivity index (χ3v) is 4.35. The lowest BCUT2D eigenvalue weighted by Crippen LogP contribution is -1.99. The Morgan fingerprint density at radius 2 is 1.77 bits per heavy atom. The van der Waals surface area contributed by atoms with Gasteiger partial charge in [-0.25, -0.2) is 0 Å². The number of aromatic nitrogens is 1. The molecule has 2 aromatic carbocycles. The minimum atomic E-state index is -1.04. The molecule has 0 aliphatic carbocycles. The van der Waals surface area contributed by atoms with Gasteiger partial charge in [0.25, 0.3) is 17.3 Å². The quantitative estimate of drug-likeness (QED) is 0.361. The number of methoxy groups -OCH3 is 1. The SMILES string of the molecule is CCn1c(O)c(N=NC(=O)c2cc([N+](=O)[O-])cc([N+](=O)[O-])c2)c2cc(OC)ccc21. The van der Waals surface area contributed by atoms with Gasteiger partial charge in [0.2, 0.25) is 5.88 Å². The first-order valence-corrected chi connectivity index (χ1v) is 8.56. The van der Waals surface area contributed by atoms with Crippen LogP contribution >= 0.6 is 0 Å². The van der Waals surface area contributed by atoms with Crippen molar-refractivity contribution in [2.75, 3.05) is 7.11 Å². The Morgan fingerprint density at radius 3 is 2.30 bits per heavy atom. The zero-order chi connectivity index (χ0) is 22.0. The number of nitro groups is 2. The Labute approximate surface area is 168 Å². The molecular weight excluding hydrogens is 398 g/mol. The average Bonchev–Trinajstić information content (AvgIpc) is 3.00. The highest BCUT2D eigenvalue weighted by molar-refractivity contribution is 5.98. The van der Waals surface area contributed by atoms with E-state index in [-0.39, 0.29) is 17.1 Å². The van der Waals surface area contributed by atoms with E-state index in [2.05, 4.69) is 10.2 Å². The van der Waals surface area contributed by atoms with Crippen LogP contribution in [0.1, 0.15) is 17.3 Å². The Balaban J connectivity index is 2.07. The molecular formula is C18H15N5O7. The molecule has 0 radical (unpaired) electrons. The fourth-order valence-corrected chi connectivity index (χ4v) is 2.93. The van der Waals surface area contributed by atoms with E-state index in [1.54, 1.807) is 29.7 Å². The summed E-state index contributed by atoms with van der Waals surface area (Å²) in [7, 11) is 1.47. The van der Waals surface area contributed by atoms with Crippen LogP contribution in [-0.2, 0) is 6.54 Å². The van der Waals surface area contributed by atoms with Gasteiger partial charge in [-0.1, -0.05) is 0 Å². The highest BCUT2D eigenvalue weighted by atomic mass is 16.6. The number of rotatable bonds is 6. The van der Waals surface area contributed by atoms with Crippen LogP contribution in [0.25, 0.3) is 10.9 Å². The second-order valence-corrected chi connectivity index (χ2v) is 6.06. The molecule has 12 heteroatoms. The fraction of sp³-hybridized carbons (Fsp3) is 0.167. The van der Waals surface area contributed by atoms with Crippen LogP contribution in [0.2, 0.25) is 0 Å². The lowest BCUT2D eigenvalue weighted by atomic mass is 10.1. The topological polar surface area (TPSA) is 162 Å². The number of carbonyl (C=O) groups excluding carboxylic acids is 1. The molecule has 0 atom stereocenters. The van der Waals surface area contributed by atoms with E-state index >= 15 is 0 Å². The molecule has 0 aliphatic heterocycles. The highest BCUT2D eigenvalue weighted by Crippen LogP contribution is 2.40. The third kappa shape index (κ3) is 3.65. The Bertz CT molecular complexity index is 1180. The minimum Gasteiger partial charge on any atom is -0.497 e. The number of hydrogen-bond donors (Lipinski definition) is 1.